The second-order valence-corrected chi connectivity index (χ2v) is 3.76. The molecule has 0 aromatic carbocycles. The minimum absolute atomic E-state index is 0.764. The maximum absolute atomic E-state index is 3.37. The second-order valence-electron chi connectivity index (χ2n) is 3.76. The minimum atomic E-state index is 0.764. The van der Waals surface area contributed by atoms with Gasteiger partial charge in [-0.15, -0.1) is 0 Å². The highest BCUT2D eigenvalue weighted by molar-refractivity contribution is 4.99. The van der Waals surface area contributed by atoms with Gasteiger partial charge in [-0.1, -0.05) is 33.6 Å². The third-order valence-electron chi connectivity index (χ3n) is 3.31. The van der Waals surface area contributed by atoms with Gasteiger partial charge in [-0.2, -0.15) is 0 Å². The summed E-state index contributed by atoms with van der Waals surface area (Å²) in [5.74, 6) is 0.999. The summed E-state index contributed by atoms with van der Waals surface area (Å²) in [6.07, 6.45) is 4.44. The minimum Gasteiger partial charge on any atom is -0.316 e. The molecule has 2 rings (SSSR count). The lowest BCUT2D eigenvalue weighted by Gasteiger charge is -2.43. The van der Waals surface area contributed by atoms with Gasteiger partial charge in [0.05, 0.1) is 0 Å². The molecule has 1 aliphatic heterocycles. The van der Waals surface area contributed by atoms with E-state index in [9.17, 15) is 0 Å². The summed E-state index contributed by atoms with van der Waals surface area (Å²) in [5, 5.41) is 3.37. The van der Waals surface area contributed by atoms with Crippen molar-refractivity contribution in [2.24, 2.45) is 11.3 Å². The van der Waals surface area contributed by atoms with Crippen molar-refractivity contribution in [3.8, 4) is 0 Å². The molecule has 2 aliphatic rings. The Hall–Kier alpha value is -0.0400. The van der Waals surface area contributed by atoms with E-state index >= 15 is 0 Å². The molecule has 66 valence electrons. The molecule has 1 aliphatic carbocycles. The molecule has 1 saturated heterocycles. The van der Waals surface area contributed by atoms with Crippen LogP contribution in [-0.2, 0) is 0 Å². The van der Waals surface area contributed by atoms with Crippen LogP contribution in [0.1, 0.15) is 40.0 Å². The summed E-state index contributed by atoms with van der Waals surface area (Å²) >= 11 is 0. The van der Waals surface area contributed by atoms with Gasteiger partial charge in [0.1, 0.15) is 0 Å². The van der Waals surface area contributed by atoms with Gasteiger partial charge in [-0.05, 0) is 17.8 Å². The monoisotopic (exact) mass is 155 g/mol. The van der Waals surface area contributed by atoms with Crippen molar-refractivity contribution in [3.05, 3.63) is 0 Å². The van der Waals surface area contributed by atoms with Gasteiger partial charge in [-0.25, -0.2) is 0 Å². The van der Waals surface area contributed by atoms with Crippen LogP contribution in [0.2, 0.25) is 0 Å². The van der Waals surface area contributed by atoms with Crippen molar-refractivity contribution >= 4 is 0 Å². The molecule has 1 N–H and O–H groups in total. The van der Waals surface area contributed by atoms with Crippen molar-refractivity contribution in [3.63, 3.8) is 0 Å². The summed E-state index contributed by atoms with van der Waals surface area (Å²) in [7, 11) is 0. The largest absolute Gasteiger partial charge is 0.316 e. The Morgan fingerprint density at radius 1 is 1.27 bits per heavy atom. The van der Waals surface area contributed by atoms with Crippen LogP contribution in [0.4, 0.5) is 0 Å². The molecule has 0 amide bonds. The molecule has 1 nitrogen and oxygen atoms in total. The first-order valence-corrected chi connectivity index (χ1v) is 5.04. The van der Waals surface area contributed by atoms with Gasteiger partial charge in [-0.3, -0.25) is 0 Å². The first-order valence-electron chi connectivity index (χ1n) is 5.04. The Labute approximate surface area is 70.6 Å². The average Bonchev–Trinajstić information content (AvgIpc) is 2.34. The molecule has 1 heteroatoms. The van der Waals surface area contributed by atoms with Gasteiger partial charge >= 0.3 is 0 Å². The number of nitrogens with one attached hydrogen (secondary N) is 1. The fourth-order valence-electron chi connectivity index (χ4n) is 2.28. The molecule has 11 heavy (non-hydrogen) atoms. The highest BCUT2D eigenvalue weighted by Crippen LogP contribution is 2.45. The maximum atomic E-state index is 3.37. The number of hydrogen-bond donors (Lipinski definition) is 1. The molecule has 0 aromatic heterocycles. The van der Waals surface area contributed by atoms with Gasteiger partial charge in [0.2, 0.25) is 0 Å². The molecule has 1 saturated carbocycles. The van der Waals surface area contributed by atoms with Crippen LogP contribution in [0.3, 0.4) is 0 Å². The quantitative estimate of drug-likeness (QED) is 0.566. The molecule has 2 fully saturated rings. The molecular weight excluding hydrogens is 134 g/mol. The van der Waals surface area contributed by atoms with Crippen LogP contribution in [0.5, 0.6) is 0 Å². The lowest BCUT2D eigenvalue weighted by molar-refractivity contribution is 0.120. The molecule has 1 heterocycles. The number of hydrogen-bond acceptors (Lipinski definition) is 1. The zero-order valence-corrected chi connectivity index (χ0v) is 8.11. The summed E-state index contributed by atoms with van der Waals surface area (Å²) in [6.45, 7) is 9.01. The topological polar surface area (TPSA) is 12.0 Å². The molecule has 1 spiro atoms. The summed E-state index contributed by atoms with van der Waals surface area (Å²) in [4.78, 5) is 0. The zero-order valence-electron chi connectivity index (χ0n) is 8.11. The first kappa shape index (κ1) is 9.05. The Morgan fingerprint density at radius 2 is 1.91 bits per heavy atom. The lowest BCUT2D eigenvalue weighted by atomic mass is 9.74. The third-order valence-corrected chi connectivity index (χ3v) is 3.31. The molecule has 1 atom stereocenters. The maximum Gasteiger partial charge on any atom is 0.00228 e. The van der Waals surface area contributed by atoms with Gasteiger partial charge in [0.15, 0.2) is 0 Å². The van der Waals surface area contributed by atoms with E-state index < -0.39 is 0 Å². The Bertz CT molecular complexity index is 116. The first-order chi connectivity index (χ1) is 5.33. The standard InChI is InChI=1S/C8H15N.C2H6/c1-7-3-2-4-8(7)5-9-6-8;1-2/h7,9H,2-6H2,1H3;1-2H3. The van der Waals surface area contributed by atoms with Crippen LogP contribution in [0, 0.1) is 11.3 Å². The fraction of sp³-hybridized carbons (Fsp3) is 1.00. The molecule has 0 bridgehead atoms. The van der Waals surface area contributed by atoms with Gasteiger partial charge < -0.3 is 5.32 Å². The average molecular weight is 155 g/mol. The second kappa shape index (κ2) is 3.57. The van der Waals surface area contributed by atoms with Crippen molar-refractivity contribution in [2.75, 3.05) is 13.1 Å². The SMILES string of the molecule is CC.CC1CCCC12CNC2. The van der Waals surface area contributed by atoms with Crippen LogP contribution in [-0.4, -0.2) is 13.1 Å². The van der Waals surface area contributed by atoms with Crippen molar-refractivity contribution in [1.29, 1.82) is 0 Å². The van der Waals surface area contributed by atoms with Crippen LogP contribution in [0.25, 0.3) is 0 Å². The molecule has 0 radical (unpaired) electrons. The fourth-order valence-corrected chi connectivity index (χ4v) is 2.28. The summed E-state index contributed by atoms with van der Waals surface area (Å²) < 4.78 is 0. The number of rotatable bonds is 0. The third kappa shape index (κ3) is 1.44. The van der Waals surface area contributed by atoms with Crippen LogP contribution >= 0.6 is 0 Å². The predicted molar refractivity (Wildman–Crippen MR) is 49.7 cm³/mol. The molecule has 0 aromatic rings. The van der Waals surface area contributed by atoms with Crippen molar-refractivity contribution < 1.29 is 0 Å². The summed E-state index contributed by atoms with van der Waals surface area (Å²) in [6, 6.07) is 0. The van der Waals surface area contributed by atoms with Crippen LogP contribution in [0.15, 0.2) is 0 Å². The predicted octanol–water partition coefficient (Wildman–Crippen LogP) is 2.42. The molecule has 1 unspecified atom stereocenters. The van der Waals surface area contributed by atoms with Crippen molar-refractivity contribution in [2.45, 2.75) is 40.0 Å². The Kier molecular flexibility index (Phi) is 2.94. The van der Waals surface area contributed by atoms with E-state index in [2.05, 4.69) is 12.2 Å². The molecular formula is C10H21N. The van der Waals surface area contributed by atoms with E-state index in [0.717, 1.165) is 11.3 Å². The highest BCUT2D eigenvalue weighted by Gasteiger charge is 2.44. The van der Waals surface area contributed by atoms with E-state index in [-0.39, 0.29) is 0 Å². The van der Waals surface area contributed by atoms with E-state index in [1.165, 1.54) is 32.4 Å². The Balaban J connectivity index is 0.000000281. The van der Waals surface area contributed by atoms with E-state index in [1.807, 2.05) is 13.8 Å². The van der Waals surface area contributed by atoms with E-state index in [1.54, 1.807) is 0 Å². The smallest absolute Gasteiger partial charge is 0.00228 e. The van der Waals surface area contributed by atoms with E-state index in [4.69, 9.17) is 0 Å². The highest BCUT2D eigenvalue weighted by atomic mass is 15.0. The van der Waals surface area contributed by atoms with Crippen LogP contribution < -0.4 is 5.32 Å². The van der Waals surface area contributed by atoms with E-state index in [0.29, 0.717) is 0 Å². The normalized spacial score (nSPS) is 32.5. The lowest BCUT2D eigenvalue weighted by Crippen LogP contribution is -2.54. The van der Waals surface area contributed by atoms with Gasteiger partial charge in [0.25, 0.3) is 0 Å². The zero-order chi connectivity index (χ0) is 8.32. The van der Waals surface area contributed by atoms with Gasteiger partial charge in [0, 0.05) is 13.1 Å². The summed E-state index contributed by atoms with van der Waals surface area (Å²) in [5.41, 5.74) is 0.764. The van der Waals surface area contributed by atoms with Crippen molar-refractivity contribution in [1.82, 2.24) is 5.32 Å². The Morgan fingerprint density at radius 3 is 2.09 bits per heavy atom.